The molecule has 0 unspecified atom stereocenters. The van der Waals surface area contributed by atoms with Crippen LogP contribution in [-0.4, -0.2) is 35.7 Å². The monoisotopic (exact) mass is 223 g/mol. The Morgan fingerprint density at radius 2 is 2.19 bits per heavy atom. The van der Waals surface area contributed by atoms with Crippen molar-refractivity contribution in [2.45, 2.75) is 38.8 Å². The highest BCUT2D eigenvalue weighted by Gasteiger charge is 2.28. The minimum absolute atomic E-state index is 0.316. The van der Waals surface area contributed by atoms with E-state index in [2.05, 4.69) is 29.3 Å². The summed E-state index contributed by atoms with van der Waals surface area (Å²) in [6.07, 6.45) is 2.39. The predicted molar refractivity (Wildman–Crippen MR) is 63.2 cm³/mol. The lowest BCUT2D eigenvalue weighted by Crippen LogP contribution is -2.49. The van der Waals surface area contributed by atoms with E-state index >= 15 is 0 Å². The summed E-state index contributed by atoms with van der Waals surface area (Å²) in [6, 6.07) is 2.02. The average molecular weight is 223 g/mol. The minimum Gasteiger partial charge on any atom is -0.361 e. The molecule has 0 atom stereocenters. The van der Waals surface area contributed by atoms with E-state index in [0.29, 0.717) is 5.54 Å². The van der Waals surface area contributed by atoms with Crippen LogP contribution in [0.4, 0.5) is 0 Å². The molecule has 1 fully saturated rings. The highest BCUT2D eigenvalue weighted by atomic mass is 16.5. The van der Waals surface area contributed by atoms with Gasteiger partial charge in [-0.05, 0) is 33.7 Å². The number of piperidine rings is 1. The molecular formula is C12H21N3O. The second kappa shape index (κ2) is 4.55. The summed E-state index contributed by atoms with van der Waals surface area (Å²) in [7, 11) is 2.05. The van der Waals surface area contributed by atoms with Crippen LogP contribution in [0.2, 0.25) is 0 Å². The quantitative estimate of drug-likeness (QED) is 0.844. The van der Waals surface area contributed by atoms with Gasteiger partial charge in [-0.1, -0.05) is 5.16 Å². The lowest BCUT2D eigenvalue weighted by atomic mass is 9.90. The van der Waals surface area contributed by atoms with Crippen LogP contribution in [0.5, 0.6) is 0 Å². The maximum Gasteiger partial charge on any atom is 0.133 e. The standard InChI is InChI=1S/C12H21N3O/c1-10-8-11(14-16-10)9-15-6-4-12(2,13-3)5-7-15/h8,13H,4-7,9H2,1-3H3. The van der Waals surface area contributed by atoms with E-state index < -0.39 is 0 Å². The van der Waals surface area contributed by atoms with Crippen LogP contribution in [0.15, 0.2) is 10.6 Å². The zero-order chi connectivity index (χ0) is 11.6. The van der Waals surface area contributed by atoms with Crippen molar-refractivity contribution in [2.75, 3.05) is 20.1 Å². The Labute approximate surface area is 97.0 Å². The molecule has 0 spiro atoms. The second-order valence-electron chi connectivity index (χ2n) is 5.02. The van der Waals surface area contributed by atoms with Gasteiger partial charge in [-0.2, -0.15) is 0 Å². The Morgan fingerprint density at radius 1 is 1.50 bits per heavy atom. The number of rotatable bonds is 3. The SMILES string of the molecule is CNC1(C)CCN(Cc2cc(C)on2)CC1. The van der Waals surface area contributed by atoms with Gasteiger partial charge in [-0.15, -0.1) is 0 Å². The van der Waals surface area contributed by atoms with Gasteiger partial charge in [-0.3, -0.25) is 4.90 Å². The van der Waals surface area contributed by atoms with Crippen molar-refractivity contribution < 1.29 is 4.52 Å². The van der Waals surface area contributed by atoms with Crippen molar-refractivity contribution >= 4 is 0 Å². The number of hydrogen-bond donors (Lipinski definition) is 1. The summed E-state index contributed by atoms with van der Waals surface area (Å²) in [4.78, 5) is 2.44. The van der Waals surface area contributed by atoms with Gasteiger partial charge >= 0.3 is 0 Å². The van der Waals surface area contributed by atoms with Gasteiger partial charge in [0.2, 0.25) is 0 Å². The highest BCUT2D eigenvalue weighted by Crippen LogP contribution is 2.22. The molecule has 90 valence electrons. The number of hydrogen-bond acceptors (Lipinski definition) is 4. The van der Waals surface area contributed by atoms with Crippen LogP contribution in [0.3, 0.4) is 0 Å². The molecule has 2 heterocycles. The number of aryl methyl sites for hydroxylation is 1. The fraction of sp³-hybridized carbons (Fsp3) is 0.750. The first-order valence-corrected chi connectivity index (χ1v) is 5.95. The number of nitrogens with one attached hydrogen (secondary N) is 1. The Balaban J connectivity index is 1.86. The van der Waals surface area contributed by atoms with Crippen LogP contribution in [0, 0.1) is 6.92 Å². The summed E-state index contributed by atoms with van der Waals surface area (Å²) >= 11 is 0. The van der Waals surface area contributed by atoms with E-state index in [1.807, 2.05) is 13.0 Å². The Bertz CT molecular complexity index is 340. The molecule has 1 saturated heterocycles. The number of likely N-dealkylation sites (tertiary alicyclic amines) is 1. The topological polar surface area (TPSA) is 41.3 Å². The Morgan fingerprint density at radius 3 is 2.69 bits per heavy atom. The summed E-state index contributed by atoms with van der Waals surface area (Å²) in [5.74, 6) is 0.895. The lowest BCUT2D eigenvalue weighted by molar-refractivity contribution is 0.143. The van der Waals surface area contributed by atoms with E-state index in [0.717, 1.165) is 31.1 Å². The molecule has 16 heavy (non-hydrogen) atoms. The Kier molecular flexibility index (Phi) is 3.30. The zero-order valence-electron chi connectivity index (χ0n) is 10.4. The molecule has 1 N–H and O–H groups in total. The fourth-order valence-corrected chi connectivity index (χ4v) is 2.18. The summed E-state index contributed by atoms with van der Waals surface area (Å²) in [6.45, 7) is 7.40. The van der Waals surface area contributed by atoms with Gasteiger partial charge in [0.1, 0.15) is 5.76 Å². The van der Waals surface area contributed by atoms with E-state index in [9.17, 15) is 0 Å². The second-order valence-corrected chi connectivity index (χ2v) is 5.02. The first-order valence-electron chi connectivity index (χ1n) is 5.95. The van der Waals surface area contributed by atoms with Gasteiger partial charge in [0, 0.05) is 31.2 Å². The highest BCUT2D eigenvalue weighted by molar-refractivity contribution is 5.03. The van der Waals surface area contributed by atoms with Crippen LogP contribution in [0.1, 0.15) is 31.2 Å². The van der Waals surface area contributed by atoms with Crippen molar-refractivity contribution in [1.82, 2.24) is 15.4 Å². The number of nitrogens with zero attached hydrogens (tertiary/aromatic N) is 2. The van der Waals surface area contributed by atoms with Crippen molar-refractivity contribution in [3.05, 3.63) is 17.5 Å². The van der Waals surface area contributed by atoms with Crippen LogP contribution < -0.4 is 5.32 Å². The molecule has 2 rings (SSSR count). The molecule has 0 amide bonds. The molecule has 4 heteroatoms. The maximum absolute atomic E-state index is 5.08. The fourth-order valence-electron chi connectivity index (χ4n) is 2.18. The maximum atomic E-state index is 5.08. The van der Waals surface area contributed by atoms with Crippen molar-refractivity contribution in [2.24, 2.45) is 0 Å². The molecule has 0 bridgehead atoms. The first-order chi connectivity index (χ1) is 7.61. The number of aromatic nitrogens is 1. The first kappa shape index (κ1) is 11.6. The molecule has 0 aliphatic carbocycles. The summed E-state index contributed by atoms with van der Waals surface area (Å²) in [5.41, 5.74) is 1.36. The van der Waals surface area contributed by atoms with Gasteiger partial charge in [0.15, 0.2) is 0 Å². The van der Waals surface area contributed by atoms with Gasteiger partial charge in [-0.25, -0.2) is 0 Å². The third kappa shape index (κ3) is 2.62. The van der Waals surface area contributed by atoms with E-state index in [4.69, 9.17) is 4.52 Å². The molecule has 1 aliphatic heterocycles. The third-order valence-corrected chi connectivity index (χ3v) is 3.63. The smallest absolute Gasteiger partial charge is 0.133 e. The van der Waals surface area contributed by atoms with E-state index in [1.54, 1.807) is 0 Å². The van der Waals surface area contributed by atoms with Gasteiger partial charge in [0.05, 0.1) is 5.69 Å². The average Bonchev–Trinajstić information content (AvgIpc) is 2.68. The normalized spacial score (nSPS) is 21.2. The zero-order valence-corrected chi connectivity index (χ0v) is 10.4. The van der Waals surface area contributed by atoms with Crippen molar-refractivity contribution in [3.8, 4) is 0 Å². The molecule has 0 radical (unpaired) electrons. The van der Waals surface area contributed by atoms with Crippen LogP contribution in [-0.2, 0) is 6.54 Å². The summed E-state index contributed by atoms with van der Waals surface area (Å²) in [5, 5.41) is 7.44. The molecule has 1 aromatic rings. The Hall–Kier alpha value is -0.870. The molecule has 4 nitrogen and oxygen atoms in total. The molecule has 1 aliphatic rings. The largest absolute Gasteiger partial charge is 0.361 e. The molecular weight excluding hydrogens is 202 g/mol. The van der Waals surface area contributed by atoms with Crippen LogP contribution in [0.25, 0.3) is 0 Å². The lowest BCUT2D eigenvalue weighted by Gasteiger charge is -2.39. The third-order valence-electron chi connectivity index (χ3n) is 3.63. The van der Waals surface area contributed by atoms with Crippen molar-refractivity contribution in [1.29, 1.82) is 0 Å². The molecule has 0 aromatic carbocycles. The van der Waals surface area contributed by atoms with E-state index in [1.165, 1.54) is 12.8 Å². The molecule has 1 aromatic heterocycles. The van der Waals surface area contributed by atoms with Crippen molar-refractivity contribution in [3.63, 3.8) is 0 Å². The summed E-state index contributed by atoms with van der Waals surface area (Å²) < 4.78 is 5.08. The van der Waals surface area contributed by atoms with Gasteiger partial charge in [0.25, 0.3) is 0 Å². The molecule has 0 saturated carbocycles. The predicted octanol–water partition coefficient (Wildman–Crippen LogP) is 1.56. The van der Waals surface area contributed by atoms with Crippen LogP contribution >= 0.6 is 0 Å². The minimum atomic E-state index is 0.316. The van der Waals surface area contributed by atoms with Gasteiger partial charge < -0.3 is 9.84 Å². The van der Waals surface area contributed by atoms with E-state index in [-0.39, 0.29) is 0 Å².